The van der Waals surface area contributed by atoms with E-state index in [9.17, 15) is 22.8 Å². The Bertz CT molecular complexity index is 1850. The topological polar surface area (TPSA) is 80.9 Å². The van der Waals surface area contributed by atoms with Crippen molar-refractivity contribution in [1.82, 2.24) is 15.2 Å². The zero-order valence-corrected chi connectivity index (χ0v) is 30.4. The number of aryl methyl sites for hydroxylation is 2. The number of allylic oxidation sites excluding steroid dienone is 1. The number of carbonyl (C=O) groups excluding carboxylic acids is 1. The number of aromatic nitrogens is 1. The molecule has 0 unspecified atom stereocenters. The number of H-pyrrole nitrogens is 1. The number of aromatic amines is 1. The molecule has 3 aliphatic rings. The highest BCUT2D eigenvalue weighted by molar-refractivity contribution is 5.99. The van der Waals surface area contributed by atoms with Crippen LogP contribution >= 0.6 is 0 Å². The summed E-state index contributed by atoms with van der Waals surface area (Å²) in [5.41, 5.74) is 9.21. The van der Waals surface area contributed by atoms with Crippen LogP contribution in [0, 0.1) is 13.8 Å². The van der Waals surface area contributed by atoms with E-state index in [1.165, 1.54) is 10.5 Å². The van der Waals surface area contributed by atoms with Gasteiger partial charge in [-0.2, -0.15) is 13.2 Å². The molecule has 1 spiro atoms. The minimum atomic E-state index is -4.23. The number of nitrogens with one attached hydrogen (secondary N) is 2. The summed E-state index contributed by atoms with van der Waals surface area (Å²) >= 11 is 0. The maximum atomic E-state index is 14.1. The smallest absolute Gasteiger partial charge is 0.381 e. The lowest BCUT2D eigenvalue weighted by atomic mass is 9.73. The molecule has 11 heteroatoms. The van der Waals surface area contributed by atoms with Crippen LogP contribution in [0.1, 0.15) is 77.8 Å². The van der Waals surface area contributed by atoms with Crippen molar-refractivity contribution in [3.63, 3.8) is 0 Å². The Morgan fingerprint density at radius 2 is 1.78 bits per heavy atom. The molecule has 0 radical (unpaired) electrons. The fourth-order valence-corrected chi connectivity index (χ4v) is 8.52. The molecule has 2 N–H and O–H groups in total. The van der Waals surface area contributed by atoms with Crippen LogP contribution in [0.25, 0.3) is 11.1 Å². The average Bonchev–Trinajstić information content (AvgIpc) is 3.29. The van der Waals surface area contributed by atoms with E-state index in [0.29, 0.717) is 63.2 Å². The highest BCUT2D eigenvalue weighted by atomic mass is 19.4. The minimum Gasteiger partial charge on any atom is -0.381 e. The molecule has 3 aliphatic heterocycles. The van der Waals surface area contributed by atoms with Gasteiger partial charge in [0.25, 0.3) is 11.5 Å². The lowest BCUT2D eigenvalue weighted by molar-refractivity contribution is -0.147. The number of nitrogens with zero attached hydrogens (tertiary/aromatic N) is 3. The third-order valence-electron chi connectivity index (χ3n) is 11.4. The summed E-state index contributed by atoms with van der Waals surface area (Å²) in [6.07, 6.45) is -0.649. The van der Waals surface area contributed by atoms with Crippen molar-refractivity contribution in [2.45, 2.75) is 84.0 Å². The predicted molar refractivity (Wildman–Crippen MR) is 197 cm³/mol. The van der Waals surface area contributed by atoms with Crippen molar-refractivity contribution in [2.24, 2.45) is 0 Å². The second kappa shape index (κ2) is 14.5. The Kier molecular flexibility index (Phi) is 10.4. The van der Waals surface area contributed by atoms with E-state index in [4.69, 9.17) is 4.74 Å². The summed E-state index contributed by atoms with van der Waals surface area (Å²) < 4.78 is 45.2. The number of likely N-dealkylation sites (N-methyl/N-ethyl adjacent to an activating group) is 1. The molecular weight excluding hydrogens is 655 g/mol. The fourth-order valence-electron chi connectivity index (χ4n) is 8.52. The van der Waals surface area contributed by atoms with E-state index in [-0.39, 0.29) is 29.5 Å². The van der Waals surface area contributed by atoms with Crippen molar-refractivity contribution >= 4 is 17.3 Å². The van der Waals surface area contributed by atoms with Crippen molar-refractivity contribution in [2.75, 3.05) is 56.2 Å². The largest absolute Gasteiger partial charge is 0.401 e. The van der Waals surface area contributed by atoms with E-state index < -0.39 is 12.7 Å². The van der Waals surface area contributed by atoms with Crippen LogP contribution in [0.4, 0.5) is 24.5 Å². The van der Waals surface area contributed by atoms with Gasteiger partial charge in [0.15, 0.2) is 0 Å². The lowest BCUT2D eigenvalue weighted by Crippen LogP contribution is -2.47. The number of halogens is 3. The van der Waals surface area contributed by atoms with E-state index in [0.717, 1.165) is 57.9 Å². The van der Waals surface area contributed by atoms with Crippen molar-refractivity contribution in [3.05, 3.63) is 92.5 Å². The molecule has 2 aromatic carbocycles. The number of benzene rings is 2. The second-order valence-electron chi connectivity index (χ2n) is 14.3. The quantitative estimate of drug-likeness (QED) is 0.249. The third kappa shape index (κ3) is 7.20. The van der Waals surface area contributed by atoms with Crippen LogP contribution < -0.4 is 20.7 Å². The molecule has 51 heavy (non-hydrogen) atoms. The molecule has 1 aromatic heterocycles. The number of amides is 1. The summed E-state index contributed by atoms with van der Waals surface area (Å²) in [4.78, 5) is 35.8. The number of rotatable bonds is 9. The first kappa shape index (κ1) is 36.7. The number of piperidine rings is 1. The van der Waals surface area contributed by atoms with Gasteiger partial charge in [-0.3, -0.25) is 14.5 Å². The Balaban J connectivity index is 1.38. The molecular formula is C40H50F3N5O3. The number of anilines is 2. The fraction of sp³-hybridized carbons (Fsp3) is 0.500. The van der Waals surface area contributed by atoms with Gasteiger partial charge in [0.05, 0.1) is 6.54 Å². The Hall–Kier alpha value is -4.09. The van der Waals surface area contributed by atoms with Crippen LogP contribution in [-0.2, 0) is 23.1 Å². The summed E-state index contributed by atoms with van der Waals surface area (Å²) in [6.45, 7) is 14.2. The first-order valence-electron chi connectivity index (χ1n) is 18.1. The number of hydrogen-bond acceptors (Lipinski definition) is 6. The van der Waals surface area contributed by atoms with Gasteiger partial charge >= 0.3 is 6.18 Å². The van der Waals surface area contributed by atoms with Gasteiger partial charge in [0.1, 0.15) is 0 Å². The zero-order valence-electron chi connectivity index (χ0n) is 30.4. The monoisotopic (exact) mass is 705 g/mol. The molecule has 3 aromatic rings. The molecule has 0 bridgehead atoms. The van der Waals surface area contributed by atoms with Gasteiger partial charge < -0.3 is 24.8 Å². The van der Waals surface area contributed by atoms with Crippen LogP contribution in [0.3, 0.4) is 0 Å². The van der Waals surface area contributed by atoms with Crippen molar-refractivity contribution < 1.29 is 22.7 Å². The highest BCUT2D eigenvalue weighted by Crippen LogP contribution is 2.53. The Morgan fingerprint density at radius 1 is 1.08 bits per heavy atom. The van der Waals surface area contributed by atoms with Crippen LogP contribution in [0.5, 0.6) is 0 Å². The Morgan fingerprint density at radius 3 is 2.43 bits per heavy atom. The summed E-state index contributed by atoms with van der Waals surface area (Å²) in [5.74, 6) is -0.290. The van der Waals surface area contributed by atoms with E-state index in [2.05, 4.69) is 58.0 Å². The second-order valence-corrected chi connectivity index (χ2v) is 14.3. The minimum absolute atomic E-state index is 0.0189. The van der Waals surface area contributed by atoms with Gasteiger partial charge in [-0.15, -0.1) is 0 Å². The molecule has 0 aliphatic carbocycles. The average molecular weight is 706 g/mol. The molecule has 1 amide bonds. The van der Waals surface area contributed by atoms with Gasteiger partial charge in [-0.25, -0.2) is 0 Å². The number of pyridine rings is 1. The van der Waals surface area contributed by atoms with E-state index >= 15 is 0 Å². The lowest BCUT2D eigenvalue weighted by Gasteiger charge is -2.40. The number of hydrogen-bond donors (Lipinski definition) is 2. The zero-order chi connectivity index (χ0) is 36.7. The van der Waals surface area contributed by atoms with E-state index in [1.807, 2.05) is 39.8 Å². The standard InChI is InChI=1S/C40H50F3N5O3/c1-7-28-19-25(3)45-38(50)33(28)23-44-37(49)32-20-30(29-9-10-34-36(21-29)46(6)27(5)39(34)13-17-51-18-14-39)22-35(26(32)4)48(8-2)31-11-15-47(16-12-31)24-40(41,42)43/h9-10,19-22,31H,5,7-8,11-18,23-24H2,1-4,6H3,(H,44,49)(H,45,50). The molecule has 0 atom stereocenters. The maximum absolute atomic E-state index is 14.1. The number of alkyl halides is 3. The first-order valence-corrected chi connectivity index (χ1v) is 18.1. The molecule has 0 saturated carbocycles. The van der Waals surface area contributed by atoms with Crippen LogP contribution in [-0.4, -0.2) is 74.4 Å². The van der Waals surface area contributed by atoms with E-state index in [1.54, 1.807) is 0 Å². The van der Waals surface area contributed by atoms with Crippen LogP contribution in [0.15, 0.2) is 53.5 Å². The van der Waals surface area contributed by atoms with Crippen molar-refractivity contribution in [3.8, 4) is 11.1 Å². The number of likely N-dealkylation sites (tertiary alicyclic amines) is 1. The summed E-state index contributed by atoms with van der Waals surface area (Å²) in [6, 6.07) is 12.5. The SMILES string of the molecule is C=C1N(C)c2cc(-c3cc(C(=O)NCc4c(CC)cc(C)[nH]c4=O)c(C)c(N(CC)C4CCN(CC(F)(F)F)CC4)c3)ccc2C12CCOCC2. The van der Waals surface area contributed by atoms with Crippen LogP contribution in [0.2, 0.25) is 0 Å². The predicted octanol–water partition coefficient (Wildman–Crippen LogP) is 7.02. The molecule has 274 valence electrons. The first-order chi connectivity index (χ1) is 24.3. The molecule has 2 fully saturated rings. The number of carbonyl (C=O) groups is 1. The highest BCUT2D eigenvalue weighted by Gasteiger charge is 2.46. The normalized spacial score (nSPS) is 18.0. The molecule has 6 rings (SSSR count). The van der Waals surface area contributed by atoms with Gasteiger partial charge in [-0.1, -0.05) is 25.6 Å². The third-order valence-corrected chi connectivity index (χ3v) is 11.4. The van der Waals surface area contributed by atoms with Gasteiger partial charge in [-0.05, 0) is 105 Å². The van der Waals surface area contributed by atoms with Crippen molar-refractivity contribution in [1.29, 1.82) is 0 Å². The maximum Gasteiger partial charge on any atom is 0.401 e. The molecule has 2 saturated heterocycles. The summed E-state index contributed by atoms with van der Waals surface area (Å²) in [5, 5.41) is 3.03. The number of fused-ring (bicyclic) bond motifs is 2. The van der Waals surface area contributed by atoms with Gasteiger partial charge in [0, 0.05) is 91.8 Å². The van der Waals surface area contributed by atoms with Gasteiger partial charge in [0.2, 0.25) is 0 Å². The number of ether oxygens (including phenoxy) is 1. The molecule has 8 nitrogen and oxygen atoms in total. The molecule has 4 heterocycles. The summed E-state index contributed by atoms with van der Waals surface area (Å²) in [7, 11) is 2.05. The Labute approximate surface area is 298 Å².